The van der Waals surface area contributed by atoms with Crippen molar-refractivity contribution in [3.05, 3.63) is 95.8 Å². The van der Waals surface area contributed by atoms with Gasteiger partial charge in [-0.05, 0) is 80.9 Å². The number of nitrogens with zero attached hydrogens (tertiary/aromatic N) is 4. The van der Waals surface area contributed by atoms with Crippen LogP contribution in [0, 0.1) is 17.3 Å². The highest BCUT2D eigenvalue weighted by Crippen LogP contribution is 2.43. The van der Waals surface area contributed by atoms with Crippen LogP contribution in [0.3, 0.4) is 0 Å². The van der Waals surface area contributed by atoms with Crippen LogP contribution in [0.15, 0.2) is 79.1 Å². The normalized spacial score (nSPS) is 16.8. The van der Waals surface area contributed by atoms with Gasteiger partial charge in [0.15, 0.2) is 0 Å². The SMILES string of the molecule is CCS(=O)(=O)Nc1ccc(CN2CCC3(CC2)CN(c2ncnc4ccc(C#Cc5ccccc5)cc24)C3)cc1. The lowest BCUT2D eigenvalue weighted by atomic mass is 9.72. The molecule has 3 heterocycles. The van der Waals surface area contributed by atoms with Gasteiger partial charge in [0.25, 0.3) is 0 Å². The first-order valence-electron chi connectivity index (χ1n) is 13.8. The summed E-state index contributed by atoms with van der Waals surface area (Å²) in [5.74, 6) is 7.61. The Morgan fingerprint density at radius 1 is 0.900 bits per heavy atom. The Hall–Kier alpha value is -3.93. The first kappa shape index (κ1) is 26.3. The smallest absolute Gasteiger partial charge is 0.232 e. The van der Waals surface area contributed by atoms with Gasteiger partial charge in [-0.15, -0.1) is 0 Å². The van der Waals surface area contributed by atoms with Crippen LogP contribution in [0.25, 0.3) is 10.9 Å². The van der Waals surface area contributed by atoms with Gasteiger partial charge in [0.2, 0.25) is 10.0 Å². The fourth-order valence-electron chi connectivity index (χ4n) is 5.64. The summed E-state index contributed by atoms with van der Waals surface area (Å²) in [6.45, 7) is 6.65. The van der Waals surface area contributed by atoms with Crippen LogP contribution in [0.1, 0.15) is 36.5 Å². The van der Waals surface area contributed by atoms with Crippen molar-refractivity contribution in [3.8, 4) is 11.8 Å². The standard InChI is InChI=1S/C32H33N5O2S/c1-2-40(38,39)35-28-13-10-27(11-14-28)21-36-18-16-32(17-19-36)22-37(23-32)31-29-20-26(12-15-30(29)33-24-34-31)9-8-25-6-4-3-5-7-25/h3-7,10-15,20,24,35H,2,16-19,21-23H2,1H3. The van der Waals surface area contributed by atoms with Gasteiger partial charge in [0.05, 0.1) is 11.3 Å². The third-order valence-corrected chi connectivity index (χ3v) is 9.33. The molecule has 7 nitrogen and oxygen atoms in total. The molecule has 204 valence electrons. The van der Waals surface area contributed by atoms with Crippen molar-refractivity contribution in [2.45, 2.75) is 26.3 Å². The third-order valence-electron chi connectivity index (χ3n) is 8.02. The number of hydrogen-bond acceptors (Lipinski definition) is 6. The van der Waals surface area contributed by atoms with E-state index in [0.717, 1.165) is 73.4 Å². The van der Waals surface area contributed by atoms with Crippen molar-refractivity contribution < 1.29 is 8.42 Å². The zero-order valence-electron chi connectivity index (χ0n) is 22.7. The first-order valence-corrected chi connectivity index (χ1v) is 15.4. The van der Waals surface area contributed by atoms with Gasteiger partial charge < -0.3 is 4.90 Å². The second-order valence-electron chi connectivity index (χ2n) is 10.9. The van der Waals surface area contributed by atoms with E-state index in [9.17, 15) is 8.42 Å². The minimum absolute atomic E-state index is 0.0691. The van der Waals surface area contributed by atoms with Crippen LogP contribution in [0.2, 0.25) is 0 Å². The molecule has 8 heteroatoms. The summed E-state index contributed by atoms with van der Waals surface area (Å²) >= 11 is 0. The molecule has 0 amide bonds. The molecule has 1 aromatic heterocycles. The quantitative estimate of drug-likeness (QED) is 0.344. The average Bonchev–Trinajstić information content (AvgIpc) is 2.96. The highest BCUT2D eigenvalue weighted by molar-refractivity contribution is 7.92. The van der Waals surface area contributed by atoms with Crippen LogP contribution in [0.4, 0.5) is 11.5 Å². The number of aromatic nitrogens is 2. The highest BCUT2D eigenvalue weighted by atomic mass is 32.2. The topological polar surface area (TPSA) is 78.4 Å². The second kappa shape index (κ2) is 10.9. The van der Waals surface area contributed by atoms with Crippen molar-refractivity contribution in [1.29, 1.82) is 0 Å². The molecule has 40 heavy (non-hydrogen) atoms. The van der Waals surface area contributed by atoms with Crippen molar-refractivity contribution in [1.82, 2.24) is 14.9 Å². The van der Waals surface area contributed by atoms with Gasteiger partial charge in [-0.25, -0.2) is 18.4 Å². The molecular formula is C32H33N5O2S. The van der Waals surface area contributed by atoms with E-state index >= 15 is 0 Å². The molecule has 3 aromatic carbocycles. The lowest BCUT2D eigenvalue weighted by Gasteiger charge is -2.54. The van der Waals surface area contributed by atoms with Gasteiger partial charge >= 0.3 is 0 Å². The number of benzene rings is 3. The zero-order chi connectivity index (χ0) is 27.6. The number of fused-ring (bicyclic) bond motifs is 1. The van der Waals surface area contributed by atoms with Crippen molar-refractivity contribution >= 4 is 32.4 Å². The van der Waals surface area contributed by atoms with Crippen LogP contribution in [0.5, 0.6) is 0 Å². The Morgan fingerprint density at radius 2 is 1.62 bits per heavy atom. The second-order valence-corrected chi connectivity index (χ2v) is 12.9. The molecule has 1 N–H and O–H groups in total. The van der Waals surface area contributed by atoms with Gasteiger partial charge in [-0.2, -0.15) is 0 Å². The number of likely N-dealkylation sites (tertiary alicyclic amines) is 1. The fraction of sp³-hybridized carbons (Fsp3) is 0.312. The Bertz CT molecular complexity index is 1660. The number of piperidine rings is 1. The largest absolute Gasteiger partial charge is 0.355 e. The predicted octanol–water partition coefficient (Wildman–Crippen LogP) is 4.89. The zero-order valence-corrected chi connectivity index (χ0v) is 23.5. The maximum absolute atomic E-state index is 11.8. The molecule has 0 atom stereocenters. The highest BCUT2D eigenvalue weighted by Gasteiger charge is 2.45. The molecule has 0 aliphatic carbocycles. The van der Waals surface area contributed by atoms with Gasteiger partial charge in [0, 0.05) is 47.2 Å². The molecule has 0 unspecified atom stereocenters. The minimum Gasteiger partial charge on any atom is -0.355 e. The number of hydrogen-bond donors (Lipinski definition) is 1. The molecule has 2 saturated heterocycles. The number of nitrogens with one attached hydrogen (secondary N) is 1. The van der Waals surface area contributed by atoms with E-state index in [1.807, 2.05) is 66.7 Å². The monoisotopic (exact) mass is 551 g/mol. The van der Waals surface area contributed by atoms with Crippen molar-refractivity contribution in [3.63, 3.8) is 0 Å². The van der Waals surface area contributed by atoms with Gasteiger partial charge in [0.1, 0.15) is 12.1 Å². The molecule has 1 spiro atoms. The molecule has 0 saturated carbocycles. The van der Waals surface area contributed by atoms with Crippen molar-refractivity contribution in [2.24, 2.45) is 5.41 Å². The Labute approximate surface area is 236 Å². The Morgan fingerprint density at radius 3 is 2.35 bits per heavy atom. The van der Waals surface area contributed by atoms with E-state index < -0.39 is 10.0 Å². The summed E-state index contributed by atoms with van der Waals surface area (Å²) in [6.07, 6.45) is 3.99. The molecule has 2 aliphatic heterocycles. The summed E-state index contributed by atoms with van der Waals surface area (Å²) in [7, 11) is -3.25. The van der Waals surface area contributed by atoms with Crippen LogP contribution >= 0.6 is 0 Å². The summed E-state index contributed by atoms with van der Waals surface area (Å²) in [4.78, 5) is 14.1. The predicted molar refractivity (Wildman–Crippen MR) is 161 cm³/mol. The van der Waals surface area contributed by atoms with Crippen LogP contribution in [-0.4, -0.2) is 55.2 Å². The molecule has 0 bridgehead atoms. The summed E-state index contributed by atoms with van der Waals surface area (Å²) < 4.78 is 26.2. The summed E-state index contributed by atoms with van der Waals surface area (Å²) in [6, 6.07) is 23.9. The molecule has 4 aromatic rings. The molecule has 2 aliphatic rings. The molecule has 0 radical (unpaired) electrons. The van der Waals surface area contributed by atoms with Crippen molar-refractivity contribution in [2.75, 3.05) is 41.6 Å². The van der Waals surface area contributed by atoms with E-state index in [2.05, 4.69) is 42.4 Å². The first-order chi connectivity index (χ1) is 19.4. The van der Waals surface area contributed by atoms with E-state index in [1.54, 1.807) is 13.3 Å². The van der Waals surface area contributed by atoms with E-state index in [1.165, 1.54) is 5.56 Å². The van der Waals surface area contributed by atoms with E-state index in [0.29, 0.717) is 11.1 Å². The molecular weight excluding hydrogens is 518 g/mol. The average molecular weight is 552 g/mol. The van der Waals surface area contributed by atoms with E-state index in [-0.39, 0.29) is 5.75 Å². The summed E-state index contributed by atoms with van der Waals surface area (Å²) in [5.41, 5.74) is 5.06. The number of sulfonamides is 1. The number of rotatable bonds is 6. The molecule has 6 rings (SSSR count). The van der Waals surface area contributed by atoms with E-state index in [4.69, 9.17) is 0 Å². The Balaban J connectivity index is 1.07. The van der Waals surface area contributed by atoms with Crippen LogP contribution < -0.4 is 9.62 Å². The van der Waals surface area contributed by atoms with Gasteiger partial charge in [-0.1, -0.05) is 42.2 Å². The minimum atomic E-state index is -3.25. The lowest BCUT2D eigenvalue weighted by Crippen LogP contribution is -2.60. The van der Waals surface area contributed by atoms with Crippen LogP contribution in [-0.2, 0) is 16.6 Å². The fourth-order valence-corrected chi connectivity index (χ4v) is 6.28. The Kier molecular flexibility index (Phi) is 7.18. The van der Waals surface area contributed by atoms with Gasteiger partial charge in [-0.3, -0.25) is 9.62 Å². The number of anilines is 2. The maximum atomic E-state index is 11.8. The lowest BCUT2D eigenvalue weighted by molar-refractivity contribution is 0.0721. The summed E-state index contributed by atoms with van der Waals surface area (Å²) in [5, 5.41) is 1.05. The molecule has 2 fully saturated rings. The maximum Gasteiger partial charge on any atom is 0.232 e. The third kappa shape index (κ3) is 5.81.